The van der Waals surface area contributed by atoms with Gasteiger partial charge in [0.1, 0.15) is 19.3 Å². The molecule has 6 heteroatoms. The van der Waals surface area contributed by atoms with Crippen molar-refractivity contribution in [2.75, 3.05) is 6.54 Å². The molecule has 1 unspecified atom stereocenters. The minimum absolute atomic E-state index is 0.0719. The van der Waals surface area contributed by atoms with Gasteiger partial charge in [0.2, 0.25) is 5.91 Å². The highest BCUT2D eigenvalue weighted by Crippen LogP contribution is 2.17. The normalized spacial score (nSPS) is 11.5. The van der Waals surface area contributed by atoms with Crippen LogP contribution in [0.4, 0.5) is 0 Å². The summed E-state index contributed by atoms with van der Waals surface area (Å²) in [6.45, 7) is 6.53. The van der Waals surface area contributed by atoms with Crippen LogP contribution in [0.2, 0.25) is 0 Å². The smallest absolute Gasteiger partial charge is 0.325 e. The fraction of sp³-hybridized carbons (Fsp3) is 0.725. The van der Waals surface area contributed by atoms with Gasteiger partial charge < -0.3 is 14.8 Å². The molecule has 0 aromatic heterocycles. The molecular formula is C40H67NO5. The van der Waals surface area contributed by atoms with Crippen molar-refractivity contribution < 1.29 is 23.9 Å². The molecule has 0 radical (unpaired) electrons. The van der Waals surface area contributed by atoms with Crippen LogP contribution in [0.3, 0.4) is 0 Å². The Bertz CT molecular complexity index is 925. The van der Waals surface area contributed by atoms with E-state index >= 15 is 0 Å². The molecule has 6 nitrogen and oxygen atoms in total. The van der Waals surface area contributed by atoms with Crippen LogP contribution in [-0.2, 0) is 30.5 Å². The number of amides is 1. The molecule has 0 saturated heterocycles. The quantitative estimate of drug-likeness (QED) is 0.0513. The number of nitrogens with one attached hydrogen (secondary N) is 1. The molecule has 0 bridgehead atoms. The molecule has 0 saturated carbocycles. The summed E-state index contributed by atoms with van der Waals surface area (Å²) < 4.78 is 11.1. The van der Waals surface area contributed by atoms with Gasteiger partial charge in [-0.3, -0.25) is 14.4 Å². The predicted molar refractivity (Wildman–Crippen MR) is 190 cm³/mol. The second kappa shape index (κ2) is 29.8. The van der Waals surface area contributed by atoms with Gasteiger partial charge in [-0.1, -0.05) is 152 Å². The maximum absolute atomic E-state index is 12.7. The van der Waals surface area contributed by atoms with Gasteiger partial charge in [-0.25, -0.2) is 0 Å². The summed E-state index contributed by atoms with van der Waals surface area (Å²) in [7, 11) is 0. The number of benzene rings is 1. The first-order valence-electron chi connectivity index (χ1n) is 18.7. The minimum atomic E-state index is -0.486. The lowest BCUT2D eigenvalue weighted by Gasteiger charge is -2.18. The van der Waals surface area contributed by atoms with Gasteiger partial charge in [0, 0.05) is 6.42 Å². The number of hydrogen-bond acceptors (Lipinski definition) is 5. The predicted octanol–water partition coefficient (Wildman–Crippen LogP) is 10.7. The van der Waals surface area contributed by atoms with Gasteiger partial charge in [-0.05, 0) is 51.5 Å². The maximum atomic E-state index is 12.7. The number of hydrogen-bond donors (Lipinski definition) is 1. The molecule has 0 spiro atoms. The summed E-state index contributed by atoms with van der Waals surface area (Å²) in [5.41, 5.74) is 2.29. The topological polar surface area (TPSA) is 81.7 Å². The van der Waals surface area contributed by atoms with E-state index in [1.807, 2.05) is 30.3 Å². The zero-order valence-electron chi connectivity index (χ0n) is 29.8. The molecule has 0 heterocycles. The van der Waals surface area contributed by atoms with Crippen LogP contribution in [0.25, 0.3) is 0 Å². The molecule has 1 N–H and O–H groups in total. The highest BCUT2D eigenvalue weighted by Gasteiger charge is 2.19. The average molecular weight is 642 g/mol. The summed E-state index contributed by atoms with van der Waals surface area (Å²) in [5, 5.41) is 2.65. The molecule has 262 valence electrons. The van der Waals surface area contributed by atoms with Crippen LogP contribution in [0.1, 0.15) is 174 Å². The Hall–Kier alpha value is -2.63. The third-order valence-corrected chi connectivity index (χ3v) is 8.40. The molecule has 1 rings (SSSR count). The Morgan fingerprint density at radius 3 is 1.83 bits per heavy atom. The lowest BCUT2D eigenvalue weighted by molar-refractivity contribution is -0.152. The fourth-order valence-corrected chi connectivity index (χ4v) is 5.59. The first-order valence-corrected chi connectivity index (χ1v) is 18.7. The van der Waals surface area contributed by atoms with Crippen LogP contribution in [0, 0.1) is 0 Å². The lowest BCUT2D eigenvalue weighted by Crippen LogP contribution is -2.34. The number of rotatable bonds is 30. The van der Waals surface area contributed by atoms with E-state index in [9.17, 15) is 14.4 Å². The average Bonchev–Trinajstić information content (AvgIpc) is 3.04. The Morgan fingerprint density at radius 1 is 0.696 bits per heavy atom. The van der Waals surface area contributed by atoms with Crippen molar-refractivity contribution in [3.8, 4) is 0 Å². The number of carbonyl (C=O) groups excluding carboxylic acids is 3. The number of allylic oxidation sites excluding steroid dienone is 2. The molecule has 0 aliphatic heterocycles. The summed E-state index contributed by atoms with van der Waals surface area (Å²) in [4.78, 5) is 37.5. The second-order valence-corrected chi connectivity index (χ2v) is 13.2. The molecule has 1 aromatic rings. The van der Waals surface area contributed by atoms with E-state index in [2.05, 4.69) is 32.2 Å². The molecule has 46 heavy (non-hydrogen) atoms. The van der Waals surface area contributed by atoms with Crippen molar-refractivity contribution in [2.24, 2.45) is 0 Å². The largest absolute Gasteiger partial charge is 0.462 e. The summed E-state index contributed by atoms with van der Waals surface area (Å²) in [5.74, 6) is -1.00. The van der Waals surface area contributed by atoms with Crippen LogP contribution in [-0.4, -0.2) is 30.5 Å². The zero-order chi connectivity index (χ0) is 33.5. The van der Waals surface area contributed by atoms with E-state index in [-0.39, 0.29) is 31.4 Å². The molecule has 0 aliphatic rings. The van der Waals surface area contributed by atoms with Crippen molar-refractivity contribution in [2.45, 2.75) is 181 Å². The van der Waals surface area contributed by atoms with Crippen LogP contribution in [0.15, 0.2) is 42.0 Å². The maximum Gasteiger partial charge on any atom is 0.325 e. The van der Waals surface area contributed by atoms with Gasteiger partial charge in [-0.2, -0.15) is 0 Å². The molecular weight excluding hydrogens is 574 g/mol. The summed E-state index contributed by atoms with van der Waals surface area (Å²) in [6.07, 6.45) is 27.2. The monoisotopic (exact) mass is 642 g/mol. The Kier molecular flexibility index (Phi) is 26.8. The number of esters is 2. The summed E-state index contributed by atoms with van der Waals surface area (Å²) >= 11 is 0. The molecule has 1 atom stereocenters. The van der Waals surface area contributed by atoms with E-state index in [0.29, 0.717) is 12.8 Å². The Balaban J connectivity index is 2.33. The van der Waals surface area contributed by atoms with Crippen molar-refractivity contribution in [3.05, 3.63) is 47.5 Å². The molecule has 1 amide bonds. The molecule has 1 aromatic carbocycles. The van der Waals surface area contributed by atoms with Crippen molar-refractivity contribution in [3.63, 3.8) is 0 Å². The highest BCUT2D eigenvalue weighted by atomic mass is 16.5. The van der Waals surface area contributed by atoms with Gasteiger partial charge in [0.05, 0.1) is 6.42 Å². The van der Waals surface area contributed by atoms with Crippen LogP contribution >= 0.6 is 0 Å². The van der Waals surface area contributed by atoms with Gasteiger partial charge in [-0.15, -0.1) is 0 Å². The highest BCUT2D eigenvalue weighted by molar-refractivity contribution is 5.82. The zero-order valence-corrected chi connectivity index (χ0v) is 29.8. The van der Waals surface area contributed by atoms with Crippen molar-refractivity contribution in [1.82, 2.24) is 5.32 Å². The standard InChI is InChI=1S/C40H67NO5/c1-4-5-6-7-8-9-10-11-12-16-19-25-30-37(32-38(42)41-33-40(44)45-34-36-28-23-21-24-29-36)46-39(43)31-26-20-17-14-13-15-18-22-27-35(2)3/h21,23-24,27-29,37H,4-20,22,25-26,30-34H2,1-3H3,(H,41,42). The van der Waals surface area contributed by atoms with Crippen LogP contribution in [0.5, 0.6) is 0 Å². The third kappa shape index (κ3) is 26.6. The van der Waals surface area contributed by atoms with E-state index < -0.39 is 12.1 Å². The summed E-state index contributed by atoms with van der Waals surface area (Å²) in [6, 6.07) is 9.45. The van der Waals surface area contributed by atoms with E-state index in [1.54, 1.807) is 0 Å². The Morgan fingerprint density at radius 2 is 1.24 bits per heavy atom. The van der Waals surface area contributed by atoms with Crippen molar-refractivity contribution >= 4 is 17.8 Å². The van der Waals surface area contributed by atoms with Gasteiger partial charge in [0.25, 0.3) is 0 Å². The second-order valence-electron chi connectivity index (χ2n) is 13.2. The first kappa shape index (κ1) is 41.4. The van der Waals surface area contributed by atoms with E-state index in [1.165, 1.54) is 102 Å². The first-order chi connectivity index (χ1) is 22.4. The van der Waals surface area contributed by atoms with Crippen molar-refractivity contribution in [1.29, 1.82) is 0 Å². The third-order valence-electron chi connectivity index (χ3n) is 8.40. The van der Waals surface area contributed by atoms with E-state index in [0.717, 1.165) is 37.7 Å². The SMILES string of the molecule is CCCCCCCCCCCCCCC(CC(=O)NCC(=O)OCc1ccccc1)OC(=O)CCCCCCCCCC=C(C)C. The number of ether oxygens (including phenoxy) is 2. The van der Waals surface area contributed by atoms with Gasteiger partial charge >= 0.3 is 11.9 Å². The van der Waals surface area contributed by atoms with Gasteiger partial charge in [0.15, 0.2) is 0 Å². The number of unbranched alkanes of at least 4 members (excludes halogenated alkanes) is 18. The van der Waals surface area contributed by atoms with Crippen LogP contribution < -0.4 is 5.32 Å². The fourth-order valence-electron chi connectivity index (χ4n) is 5.59. The molecule has 0 fully saturated rings. The minimum Gasteiger partial charge on any atom is -0.462 e. The number of carbonyl (C=O) groups is 3. The van der Waals surface area contributed by atoms with E-state index in [4.69, 9.17) is 9.47 Å². The lowest BCUT2D eigenvalue weighted by atomic mass is 10.0. The Labute approximate surface area is 281 Å². The molecule has 0 aliphatic carbocycles.